The first-order valence-electron chi connectivity index (χ1n) is 10.7. The number of H-pyrrole nitrogens is 1. The summed E-state index contributed by atoms with van der Waals surface area (Å²) in [5.41, 5.74) is 2.51. The number of carbonyl (C=O) groups excluding carboxylic acids is 3. The number of fused-ring (bicyclic) bond motifs is 1. The van der Waals surface area contributed by atoms with Gasteiger partial charge in [-0.1, -0.05) is 54.1 Å². The Morgan fingerprint density at radius 3 is 2.49 bits per heavy atom. The zero-order valence-electron chi connectivity index (χ0n) is 18.4. The lowest BCUT2D eigenvalue weighted by molar-refractivity contribution is -0.149. The van der Waals surface area contributed by atoms with E-state index in [4.69, 9.17) is 16.3 Å². The number of aromatic amines is 1. The van der Waals surface area contributed by atoms with E-state index < -0.39 is 30.4 Å². The van der Waals surface area contributed by atoms with E-state index in [0.717, 1.165) is 16.5 Å². The van der Waals surface area contributed by atoms with Gasteiger partial charge in [-0.25, -0.2) is 4.79 Å². The maximum atomic E-state index is 13.0. The average Bonchev–Trinajstić information content (AvgIpc) is 3.26. The van der Waals surface area contributed by atoms with Crippen LogP contribution in [0.25, 0.3) is 10.9 Å². The van der Waals surface area contributed by atoms with Crippen molar-refractivity contribution in [1.29, 1.82) is 0 Å². The van der Waals surface area contributed by atoms with E-state index in [2.05, 4.69) is 31.5 Å². The Bertz CT molecular complexity index is 1390. The lowest BCUT2D eigenvalue weighted by Gasteiger charge is -2.18. The summed E-state index contributed by atoms with van der Waals surface area (Å²) in [7, 11) is 0. The van der Waals surface area contributed by atoms with Gasteiger partial charge in [0.25, 0.3) is 11.8 Å². The third-order valence-corrected chi connectivity index (χ3v) is 6.32. The lowest BCUT2D eigenvalue weighted by atomic mass is 10.0. The van der Waals surface area contributed by atoms with Crippen LogP contribution in [0.15, 0.2) is 83.5 Å². The second kappa shape index (κ2) is 11.2. The van der Waals surface area contributed by atoms with Crippen molar-refractivity contribution in [1.82, 2.24) is 10.3 Å². The Balaban J connectivity index is 1.49. The molecule has 35 heavy (non-hydrogen) atoms. The number of amides is 2. The molecule has 9 heteroatoms. The van der Waals surface area contributed by atoms with Crippen molar-refractivity contribution in [2.24, 2.45) is 0 Å². The summed E-state index contributed by atoms with van der Waals surface area (Å²) in [5.74, 6) is -1.76. The molecule has 0 aliphatic rings. The number of nitrogens with one attached hydrogen (secondary N) is 3. The summed E-state index contributed by atoms with van der Waals surface area (Å²) in [5, 5.41) is 6.57. The van der Waals surface area contributed by atoms with Crippen molar-refractivity contribution in [3.8, 4) is 0 Å². The lowest BCUT2D eigenvalue weighted by Crippen LogP contribution is -2.44. The zero-order chi connectivity index (χ0) is 24.8. The quantitative estimate of drug-likeness (QED) is 0.264. The number of halogens is 2. The fraction of sp³-hybridized carbons (Fsp3) is 0.115. The second-order valence-electron chi connectivity index (χ2n) is 7.71. The minimum Gasteiger partial charge on any atom is -0.454 e. The Morgan fingerprint density at radius 2 is 1.69 bits per heavy atom. The highest BCUT2D eigenvalue weighted by Crippen LogP contribution is 2.22. The van der Waals surface area contributed by atoms with Crippen LogP contribution in [0.3, 0.4) is 0 Å². The topological polar surface area (TPSA) is 100 Å². The number of rotatable bonds is 8. The third kappa shape index (κ3) is 6.09. The molecule has 4 rings (SSSR count). The first kappa shape index (κ1) is 24.5. The van der Waals surface area contributed by atoms with Crippen LogP contribution < -0.4 is 10.6 Å². The normalized spacial score (nSPS) is 11.6. The molecule has 1 aromatic heterocycles. The predicted octanol–water partition coefficient (Wildman–Crippen LogP) is 5.11. The minimum atomic E-state index is -1.05. The van der Waals surface area contributed by atoms with E-state index >= 15 is 0 Å². The van der Waals surface area contributed by atoms with Crippen LogP contribution in [0.4, 0.5) is 5.69 Å². The molecule has 0 bridgehead atoms. The summed E-state index contributed by atoms with van der Waals surface area (Å²) < 4.78 is 5.98. The molecule has 0 spiro atoms. The van der Waals surface area contributed by atoms with Crippen molar-refractivity contribution in [3.05, 3.63) is 99.6 Å². The van der Waals surface area contributed by atoms with Gasteiger partial charge in [-0.3, -0.25) is 9.59 Å². The van der Waals surface area contributed by atoms with Crippen LogP contribution in [-0.4, -0.2) is 35.4 Å². The first-order chi connectivity index (χ1) is 16.9. The summed E-state index contributed by atoms with van der Waals surface area (Å²) in [6.45, 7) is -0.507. The smallest absolute Gasteiger partial charge is 0.329 e. The highest BCUT2D eigenvalue weighted by atomic mass is 79.9. The molecule has 0 aliphatic heterocycles. The van der Waals surface area contributed by atoms with Gasteiger partial charge in [0.15, 0.2) is 6.61 Å². The third-order valence-electron chi connectivity index (χ3n) is 5.30. The summed E-state index contributed by atoms with van der Waals surface area (Å²) in [6, 6.07) is 20.2. The molecule has 178 valence electrons. The van der Waals surface area contributed by atoms with E-state index in [9.17, 15) is 14.4 Å². The van der Waals surface area contributed by atoms with Gasteiger partial charge in [0.1, 0.15) is 6.04 Å². The van der Waals surface area contributed by atoms with E-state index in [-0.39, 0.29) is 17.0 Å². The average molecular weight is 555 g/mol. The Kier molecular flexibility index (Phi) is 7.84. The van der Waals surface area contributed by atoms with Crippen LogP contribution in [0.5, 0.6) is 0 Å². The van der Waals surface area contributed by atoms with Gasteiger partial charge in [-0.2, -0.15) is 0 Å². The van der Waals surface area contributed by atoms with Gasteiger partial charge in [-0.15, -0.1) is 0 Å². The fourth-order valence-electron chi connectivity index (χ4n) is 3.58. The maximum Gasteiger partial charge on any atom is 0.329 e. The molecule has 0 aliphatic carbocycles. The van der Waals surface area contributed by atoms with E-state index in [1.165, 1.54) is 0 Å². The Labute approximate surface area is 214 Å². The monoisotopic (exact) mass is 553 g/mol. The SMILES string of the molecule is O=C(COC(=O)C(Cc1c[nH]c2ccccc12)NC(=O)c1ccccc1Cl)Nc1ccccc1Br. The molecule has 4 aromatic rings. The standard InChI is InChI=1S/C26H21BrClN3O4/c27-19-9-3-6-12-22(19)30-24(32)15-35-26(34)23(31-25(33)18-8-1-4-10-20(18)28)13-16-14-29-21-11-5-2-7-17(16)21/h1-12,14,23,29H,13,15H2,(H,30,32)(H,31,33). The highest BCUT2D eigenvalue weighted by Gasteiger charge is 2.26. The highest BCUT2D eigenvalue weighted by molar-refractivity contribution is 9.10. The zero-order valence-corrected chi connectivity index (χ0v) is 20.7. The molecule has 7 nitrogen and oxygen atoms in total. The number of anilines is 1. The van der Waals surface area contributed by atoms with Crippen LogP contribution in [-0.2, 0) is 20.7 Å². The molecule has 1 heterocycles. The van der Waals surface area contributed by atoms with Crippen LogP contribution in [0, 0.1) is 0 Å². The van der Waals surface area contributed by atoms with Crippen molar-refractivity contribution < 1.29 is 19.1 Å². The summed E-state index contributed by atoms with van der Waals surface area (Å²) in [6.07, 6.45) is 1.94. The molecule has 3 N–H and O–H groups in total. The van der Waals surface area contributed by atoms with Crippen molar-refractivity contribution >= 4 is 61.9 Å². The molecular formula is C26H21BrClN3O4. The molecule has 3 aromatic carbocycles. The van der Waals surface area contributed by atoms with Crippen LogP contribution in [0.1, 0.15) is 15.9 Å². The van der Waals surface area contributed by atoms with Crippen molar-refractivity contribution in [2.75, 3.05) is 11.9 Å². The number of hydrogen-bond acceptors (Lipinski definition) is 4. The number of carbonyl (C=O) groups is 3. The van der Waals surface area contributed by atoms with Gasteiger partial charge >= 0.3 is 5.97 Å². The molecule has 2 amide bonds. The molecule has 0 radical (unpaired) electrons. The number of esters is 1. The summed E-state index contributed by atoms with van der Waals surface area (Å²) >= 11 is 9.51. The minimum absolute atomic E-state index is 0.158. The van der Waals surface area contributed by atoms with E-state index in [0.29, 0.717) is 10.2 Å². The molecule has 0 saturated heterocycles. The second-order valence-corrected chi connectivity index (χ2v) is 8.97. The van der Waals surface area contributed by atoms with Gasteiger partial charge in [-0.05, 0) is 51.8 Å². The van der Waals surface area contributed by atoms with Crippen LogP contribution in [0.2, 0.25) is 5.02 Å². The van der Waals surface area contributed by atoms with Gasteiger partial charge < -0.3 is 20.4 Å². The number of aromatic nitrogens is 1. The Hall–Kier alpha value is -3.62. The summed E-state index contributed by atoms with van der Waals surface area (Å²) in [4.78, 5) is 41.4. The molecular weight excluding hydrogens is 534 g/mol. The predicted molar refractivity (Wildman–Crippen MR) is 138 cm³/mol. The van der Waals surface area contributed by atoms with Gasteiger partial charge in [0.2, 0.25) is 0 Å². The first-order valence-corrected chi connectivity index (χ1v) is 11.9. The largest absolute Gasteiger partial charge is 0.454 e. The van der Waals surface area contributed by atoms with E-state index in [1.807, 2.05) is 30.3 Å². The number of para-hydroxylation sites is 2. The van der Waals surface area contributed by atoms with E-state index in [1.54, 1.807) is 48.7 Å². The molecule has 1 unspecified atom stereocenters. The number of ether oxygens (including phenoxy) is 1. The van der Waals surface area contributed by atoms with Crippen molar-refractivity contribution in [3.63, 3.8) is 0 Å². The van der Waals surface area contributed by atoms with Crippen molar-refractivity contribution in [2.45, 2.75) is 12.5 Å². The molecule has 0 saturated carbocycles. The fourth-order valence-corrected chi connectivity index (χ4v) is 4.19. The van der Waals surface area contributed by atoms with Gasteiger partial charge in [0.05, 0.1) is 16.3 Å². The Morgan fingerprint density at radius 1 is 0.971 bits per heavy atom. The van der Waals surface area contributed by atoms with Crippen LogP contribution >= 0.6 is 27.5 Å². The molecule has 1 atom stereocenters. The molecule has 0 fully saturated rings. The van der Waals surface area contributed by atoms with Gasteiger partial charge in [0, 0.05) is 28.0 Å². The maximum absolute atomic E-state index is 13.0. The number of benzene rings is 3. The number of hydrogen-bond donors (Lipinski definition) is 3.